The molecule has 3 rings (SSSR count). The van der Waals surface area contributed by atoms with Crippen LogP contribution < -0.4 is 0 Å². The van der Waals surface area contributed by atoms with Crippen LogP contribution in [0.5, 0.6) is 0 Å². The first kappa shape index (κ1) is 12.5. The van der Waals surface area contributed by atoms with E-state index in [1.807, 2.05) is 30.3 Å². The number of rotatable bonds is 3. The van der Waals surface area contributed by atoms with E-state index in [2.05, 4.69) is 17.0 Å². The minimum absolute atomic E-state index is 0.275. The lowest BCUT2D eigenvalue weighted by atomic mass is 9.85. The number of nitrogens with zero attached hydrogens (tertiary/aromatic N) is 3. The summed E-state index contributed by atoms with van der Waals surface area (Å²) in [7, 11) is 0. The van der Waals surface area contributed by atoms with E-state index < -0.39 is 5.54 Å². The highest BCUT2D eigenvalue weighted by molar-refractivity contribution is 5.40. The van der Waals surface area contributed by atoms with Crippen LogP contribution in [-0.2, 0) is 5.54 Å². The summed E-state index contributed by atoms with van der Waals surface area (Å²) in [5.74, 6) is -0.275. The number of aromatic nitrogens is 3. The molecule has 99 valence electrons. The third-order valence-corrected chi connectivity index (χ3v) is 3.38. The number of hydrogen-bond donors (Lipinski definition) is 0. The average molecular weight is 266 g/mol. The van der Waals surface area contributed by atoms with Crippen LogP contribution in [0.4, 0.5) is 4.39 Å². The monoisotopic (exact) mass is 266 g/mol. The zero-order chi connectivity index (χ0) is 14.0. The molecule has 0 saturated carbocycles. The number of halogens is 1. The summed E-state index contributed by atoms with van der Waals surface area (Å²) in [6.45, 7) is 4.32. The number of benzene rings is 2. The summed E-state index contributed by atoms with van der Waals surface area (Å²) in [5, 5.41) is 4.21. The summed E-state index contributed by atoms with van der Waals surface area (Å²) in [6, 6.07) is 16.1. The third kappa shape index (κ3) is 1.99. The van der Waals surface area contributed by atoms with E-state index in [-0.39, 0.29) is 5.82 Å². The normalized spacial score (nSPS) is 13.9. The molecule has 0 bridgehead atoms. The highest BCUT2D eigenvalue weighted by Crippen LogP contribution is 2.32. The van der Waals surface area contributed by atoms with E-state index in [0.717, 1.165) is 11.1 Å². The SMILES string of the molecule is [CH2]C(c1ccccc1)(c1ccc(F)cc1)n1cncn1. The first-order valence-corrected chi connectivity index (χ1v) is 6.23. The van der Waals surface area contributed by atoms with Gasteiger partial charge in [-0.1, -0.05) is 42.5 Å². The van der Waals surface area contributed by atoms with E-state index in [0.29, 0.717) is 0 Å². The molecule has 4 heteroatoms. The zero-order valence-electron chi connectivity index (χ0n) is 10.8. The molecule has 0 aliphatic carbocycles. The predicted octanol–water partition coefficient (Wildman–Crippen LogP) is 3.04. The van der Waals surface area contributed by atoms with Crippen LogP contribution in [0.2, 0.25) is 0 Å². The van der Waals surface area contributed by atoms with Crippen molar-refractivity contribution in [1.29, 1.82) is 0 Å². The molecule has 0 N–H and O–H groups in total. The van der Waals surface area contributed by atoms with Gasteiger partial charge in [0.2, 0.25) is 0 Å². The zero-order valence-corrected chi connectivity index (χ0v) is 10.8. The largest absolute Gasteiger partial charge is 0.238 e. The van der Waals surface area contributed by atoms with Crippen LogP contribution in [0.3, 0.4) is 0 Å². The molecule has 1 heterocycles. The smallest absolute Gasteiger partial charge is 0.137 e. The minimum Gasteiger partial charge on any atom is -0.238 e. The maximum atomic E-state index is 13.2. The molecular weight excluding hydrogens is 253 g/mol. The maximum Gasteiger partial charge on any atom is 0.137 e. The van der Waals surface area contributed by atoms with Gasteiger partial charge in [0.15, 0.2) is 0 Å². The summed E-state index contributed by atoms with van der Waals surface area (Å²) >= 11 is 0. The fourth-order valence-electron chi connectivity index (χ4n) is 2.28. The van der Waals surface area contributed by atoms with Crippen molar-refractivity contribution < 1.29 is 4.39 Å². The van der Waals surface area contributed by atoms with Crippen molar-refractivity contribution >= 4 is 0 Å². The van der Waals surface area contributed by atoms with Gasteiger partial charge in [-0.15, -0.1) is 0 Å². The Hall–Kier alpha value is -2.49. The summed E-state index contributed by atoms with van der Waals surface area (Å²) in [6.07, 6.45) is 3.08. The molecule has 0 amide bonds. The second-order valence-electron chi connectivity index (χ2n) is 4.57. The quantitative estimate of drug-likeness (QED) is 0.729. The van der Waals surface area contributed by atoms with E-state index >= 15 is 0 Å². The third-order valence-electron chi connectivity index (χ3n) is 3.38. The van der Waals surface area contributed by atoms with Crippen molar-refractivity contribution in [3.05, 3.63) is 91.1 Å². The molecule has 1 unspecified atom stereocenters. The standard InChI is InChI=1S/C16H13FN3/c1-16(20-12-18-11-19-20,13-5-3-2-4-6-13)14-7-9-15(17)10-8-14/h2-12H,1H2. The van der Waals surface area contributed by atoms with Crippen molar-refractivity contribution in [2.45, 2.75) is 5.54 Å². The van der Waals surface area contributed by atoms with Crippen molar-refractivity contribution in [2.75, 3.05) is 0 Å². The first-order valence-electron chi connectivity index (χ1n) is 6.23. The molecule has 3 nitrogen and oxygen atoms in total. The van der Waals surface area contributed by atoms with Gasteiger partial charge >= 0.3 is 0 Å². The Morgan fingerprint density at radius 3 is 2.20 bits per heavy atom. The molecule has 0 aliphatic rings. The predicted molar refractivity (Wildman–Crippen MR) is 74.4 cm³/mol. The summed E-state index contributed by atoms with van der Waals surface area (Å²) in [5.41, 5.74) is 1.03. The lowest BCUT2D eigenvalue weighted by molar-refractivity contribution is 0.470. The molecule has 0 spiro atoms. The van der Waals surface area contributed by atoms with Gasteiger partial charge in [0.1, 0.15) is 24.0 Å². The molecule has 0 fully saturated rings. The Morgan fingerprint density at radius 1 is 0.950 bits per heavy atom. The van der Waals surface area contributed by atoms with E-state index in [1.54, 1.807) is 23.1 Å². The highest BCUT2D eigenvalue weighted by Gasteiger charge is 2.31. The topological polar surface area (TPSA) is 30.7 Å². The van der Waals surface area contributed by atoms with Crippen LogP contribution in [0, 0.1) is 12.7 Å². The van der Waals surface area contributed by atoms with Gasteiger partial charge < -0.3 is 0 Å². The van der Waals surface area contributed by atoms with Gasteiger partial charge in [0, 0.05) is 0 Å². The van der Waals surface area contributed by atoms with E-state index in [4.69, 9.17) is 0 Å². The summed E-state index contributed by atoms with van der Waals surface area (Å²) < 4.78 is 14.8. The molecule has 3 aromatic rings. The van der Waals surface area contributed by atoms with Gasteiger partial charge in [0.05, 0.1) is 0 Å². The molecule has 1 radical (unpaired) electrons. The minimum atomic E-state index is -0.772. The summed E-state index contributed by atoms with van der Waals surface area (Å²) in [4.78, 5) is 3.99. The van der Waals surface area contributed by atoms with Gasteiger partial charge in [0.25, 0.3) is 0 Å². The van der Waals surface area contributed by atoms with Crippen LogP contribution in [0.1, 0.15) is 11.1 Å². The molecule has 0 aliphatic heterocycles. The molecule has 20 heavy (non-hydrogen) atoms. The van der Waals surface area contributed by atoms with E-state index in [9.17, 15) is 4.39 Å². The van der Waals surface area contributed by atoms with Crippen LogP contribution in [-0.4, -0.2) is 14.8 Å². The Balaban J connectivity index is 2.21. The molecular formula is C16H13FN3. The molecule has 1 atom stereocenters. The lowest BCUT2D eigenvalue weighted by Crippen LogP contribution is -2.33. The van der Waals surface area contributed by atoms with Gasteiger partial charge in [-0.3, -0.25) is 0 Å². The van der Waals surface area contributed by atoms with Gasteiger partial charge in [-0.05, 0) is 30.2 Å². The molecule has 1 aromatic heterocycles. The van der Waals surface area contributed by atoms with Gasteiger partial charge in [-0.25, -0.2) is 14.1 Å². The maximum absolute atomic E-state index is 13.2. The van der Waals surface area contributed by atoms with Crippen LogP contribution in [0.25, 0.3) is 0 Å². The lowest BCUT2D eigenvalue weighted by Gasteiger charge is -2.30. The fourth-order valence-corrected chi connectivity index (χ4v) is 2.28. The van der Waals surface area contributed by atoms with Gasteiger partial charge in [-0.2, -0.15) is 5.10 Å². The van der Waals surface area contributed by atoms with Crippen molar-refractivity contribution in [3.8, 4) is 0 Å². The Kier molecular flexibility index (Phi) is 3.06. The van der Waals surface area contributed by atoms with Crippen molar-refractivity contribution in [3.63, 3.8) is 0 Å². The van der Waals surface area contributed by atoms with Crippen molar-refractivity contribution in [2.24, 2.45) is 0 Å². The average Bonchev–Trinajstić information content (AvgIpc) is 3.03. The van der Waals surface area contributed by atoms with Crippen molar-refractivity contribution in [1.82, 2.24) is 14.8 Å². The highest BCUT2D eigenvalue weighted by atomic mass is 19.1. The fraction of sp³-hybridized carbons (Fsp3) is 0.0625. The number of hydrogen-bond acceptors (Lipinski definition) is 2. The second kappa shape index (κ2) is 4.89. The Bertz CT molecular complexity index is 678. The second-order valence-corrected chi connectivity index (χ2v) is 4.57. The molecule has 2 aromatic carbocycles. The van der Waals surface area contributed by atoms with Crippen LogP contribution in [0.15, 0.2) is 67.3 Å². The van der Waals surface area contributed by atoms with E-state index in [1.165, 1.54) is 18.5 Å². The first-order chi connectivity index (χ1) is 9.71. The Morgan fingerprint density at radius 2 is 1.60 bits per heavy atom. The molecule has 0 saturated heterocycles. The van der Waals surface area contributed by atoms with Crippen LogP contribution >= 0.6 is 0 Å². The Labute approximate surface area is 116 Å².